The van der Waals surface area contributed by atoms with Crippen LogP contribution in [0.15, 0.2) is 36.4 Å². The summed E-state index contributed by atoms with van der Waals surface area (Å²) in [6.45, 7) is 0.189. The third kappa shape index (κ3) is 1.77. The predicted molar refractivity (Wildman–Crippen MR) is 76.2 cm³/mol. The summed E-state index contributed by atoms with van der Waals surface area (Å²) in [5.74, 6) is 0.292. The number of rotatable bonds is 3. The monoisotopic (exact) mass is 284 g/mol. The van der Waals surface area contributed by atoms with Crippen molar-refractivity contribution in [1.29, 1.82) is 0 Å². The quantitative estimate of drug-likeness (QED) is 0.502. The number of imide groups is 1. The van der Waals surface area contributed by atoms with Crippen LogP contribution in [0, 0.1) is 23.7 Å². The van der Waals surface area contributed by atoms with E-state index in [0.717, 1.165) is 12.1 Å². The van der Waals surface area contributed by atoms with Gasteiger partial charge in [0, 0.05) is 5.69 Å². The maximum Gasteiger partial charge on any atom is 0.235 e. The maximum atomic E-state index is 12.5. The number of nitrogens with zero attached hydrogens (tertiary/aromatic N) is 1. The van der Waals surface area contributed by atoms with E-state index in [4.69, 9.17) is 0 Å². The van der Waals surface area contributed by atoms with Crippen molar-refractivity contribution in [2.45, 2.75) is 6.42 Å². The van der Waals surface area contributed by atoms with E-state index in [1.54, 1.807) is 24.3 Å². The molecular formula is C16H16N2O3. The van der Waals surface area contributed by atoms with Crippen molar-refractivity contribution in [3.05, 3.63) is 36.4 Å². The van der Waals surface area contributed by atoms with E-state index < -0.39 is 0 Å². The second-order valence-electron chi connectivity index (χ2n) is 5.99. The highest BCUT2D eigenvalue weighted by Gasteiger charge is 2.59. The van der Waals surface area contributed by atoms with Gasteiger partial charge in [0.15, 0.2) is 0 Å². The molecule has 1 saturated carbocycles. The zero-order chi connectivity index (χ0) is 14.6. The fourth-order valence-electron chi connectivity index (χ4n) is 3.87. The number of hydrogen-bond donors (Lipinski definition) is 2. The van der Waals surface area contributed by atoms with E-state index in [1.807, 2.05) is 0 Å². The fraction of sp³-hybridized carbons (Fsp3) is 0.375. The summed E-state index contributed by atoms with van der Waals surface area (Å²) >= 11 is 0. The predicted octanol–water partition coefficient (Wildman–Crippen LogP) is 1.57. The Kier molecular flexibility index (Phi) is 2.58. The molecule has 1 aromatic carbocycles. The van der Waals surface area contributed by atoms with E-state index in [2.05, 4.69) is 17.5 Å². The van der Waals surface area contributed by atoms with Crippen LogP contribution in [0.3, 0.4) is 0 Å². The molecule has 5 nitrogen and oxygen atoms in total. The first-order chi connectivity index (χ1) is 10.1. The Morgan fingerprint density at radius 3 is 2.19 bits per heavy atom. The van der Waals surface area contributed by atoms with Crippen molar-refractivity contribution in [3.8, 4) is 5.75 Å². The Labute approximate surface area is 122 Å². The summed E-state index contributed by atoms with van der Waals surface area (Å²) in [6, 6.07) is 6.56. The van der Waals surface area contributed by atoms with Gasteiger partial charge in [-0.15, -0.1) is 0 Å². The minimum absolute atomic E-state index is 0.0480. The Bertz CT molecular complexity index is 607. The molecule has 4 rings (SSSR count). The summed E-state index contributed by atoms with van der Waals surface area (Å²) in [7, 11) is 0. The largest absolute Gasteiger partial charge is 0.508 e. The Hall–Kier alpha value is -2.30. The van der Waals surface area contributed by atoms with Crippen molar-refractivity contribution < 1.29 is 14.7 Å². The second kappa shape index (κ2) is 4.35. The standard InChI is InChI=1S/C16H16N2O3/c19-12-5-3-11(4-6-12)17-8-18-15(20)13-9-1-2-10(7-9)14(13)16(18)21/h1-6,9-10,13-14,17,19H,7-8H2/t9-,10-,13+,14+/m1/s1. The van der Waals surface area contributed by atoms with E-state index in [9.17, 15) is 14.7 Å². The maximum absolute atomic E-state index is 12.5. The third-order valence-corrected chi connectivity index (χ3v) is 4.87. The molecule has 1 saturated heterocycles. The number of phenols is 1. The highest BCUT2D eigenvalue weighted by atomic mass is 16.3. The molecule has 0 unspecified atom stereocenters. The minimum Gasteiger partial charge on any atom is -0.508 e. The molecule has 5 heteroatoms. The number of allylic oxidation sites excluding steroid dienone is 2. The molecule has 1 aromatic rings. The van der Waals surface area contributed by atoms with Gasteiger partial charge < -0.3 is 10.4 Å². The van der Waals surface area contributed by atoms with E-state index in [-0.39, 0.29) is 47.9 Å². The number of hydrogen-bond acceptors (Lipinski definition) is 4. The van der Waals surface area contributed by atoms with Crippen LogP contribution in [0.1, 0.15) is 6.42 Å². The third-order valence-electron chi connectivity index (χ3n) is 4.87. The molecule has 0 radical (unpaired) electrons. The Morgan fingerprint density at radius 2 is 1.62 bits per heavy atom. The van der Waals surface area contributed by atoms with E-state index in [0.29, 0.717) is 0 Å². The van der Waals surface area contributed by atoms with Gasteiger partial charge >= 0.3 is 0 Å². The summed E-state index contributed by atoms with van der Waals surface area (Å²) in [5, 5.41) is 12.3. The number of anilines is 1. The lowest BCUT2D eigenvalue weighted by Crippen LogP contribution is -2.37. The van der Waals surface area contributed by atoms with Crippen LogP contribution in [0.4, 0.5) is 5.69 Å². The first-order valence-corrected chi connectivity index (χ1v) is 7.21. The number of phenolic OH excluding ortho intramolecular Hbond substituents is 1. The van der Waals surface area contributed by atoms with Gasteiger partial charge in [-0.2, -0.15) is 0 Å². The Morgan fingerprint density at radius 1 is 1.05 bits per heavy atom. The Balaban J connectivity index is 1.48. The molecule has 2 N–H and O–H groups in total. The molecule has 2 amide bonds. The molecule has 1 aliphatic heterocycles. The van der Waals surface area contributed by atoms with Gasteiger partial charge in [0.2, 0.25) is 11.8 Å². The van der Waals surface area contributed by atoms with Crippen molar-refractivity contribution in [3.63, 3.8) is 0 Å². The number of benzene rings is 1. The molecule has 108 valence electrons. The number of nitrogens with one attached hydrogen (secondary N) is 1. The zero-order valence-corrected chi connectivity index (χ0v) is 11.4. The van der Waals surface area contributed by atoms with Crippen molar-refractivity contribution in [2.75, 3.05) is 12.0 Å². The van der Waals surface area contributed by atoms with Gasteiger partial charge in [0.25, 0.3) is 0 Å². The van der Waals surface area contributed by atoms with Crippen molar-refractivity contribution in [1.82, 2.24) is 4.90 Å². The van der Waals surface area contributed by atoms with Crippen LogP contribution < -0.4 is 5.32 Å². The van der Waals surface area contributed by atoms with Crippen LogP contribution in [-0.4, -0.2) is 28.5 Å². The van der Waals surface area contributed by atoms with E-state index >= 15 is 0 Å². The first kappa shape index (κ1) is 12.4. The molecule has 0 aromatic heterocycles. The van der Waals surface area contributed by atoms with Gasteiger partial charge in [-0.3, -0.25) is 14.5 Å². The fourth-order valence-corrected chi connectivity index (χ4v) is 3.87. The summed E-state index contributed by atoms with van der Waals surface area (Å²) in [5.41, 5.74) is 0.770. The molecule has 21 heavy (non-hydrogen) atoms. The molecule has 2 bridgehead atoms. The number of fused-ring (bicyclic) bond motifs is 5. The zero-order valence-electron chi connectivity index (χ0n) is 11.4. The van der Waals surface area contributed by atoms with Crippen LogP contribution in [-0.2, 0) is 9.59 Å². The molecule has 2 fully saturated rings. The van der Waals surface area contributed by atoms with Crippen molar-refractivity contribution >= 4 is 17.5 Å². The highest BCUT2D eigenvalue weighted by Crippen LogP contribution is 2.52. The lowest BCUT2D eigenvalue weighted by atomic mass is 9.85. The molecule has 1 heterocycles. The number of aromatic hydroxyl groups is 1. The molecule has 0 spiro atoms. The summed E-state index contributed by atoms with van der Waals surface area (Å²) in [4.78, 5) is 26.2. The van der Waals surface area contributed by atoms with Gasteiger partial charge in [-0.1, -0.05) is 12.2 Å². The second-order valence-corrected chi connectivity index (χ2v) is 5.99. The SMILES string of the molecule is O=C1[C@@H]2[C@@H](C(=O)N1CNc1ccc(O)cc1)[C@@H]1C=C[C@@H]2C1. The number of carbonyl (C=O) groups is 2. The van der Waals surface area contributed by atoms with Crippen molar-refractivity contribution in [2.24, 2.45) is 23.7 Å². The number of amides is 2. The number of carbonyl (C=O) groups excluding carboxylic acids is 2. The van der Waals surface area contributed by atoms with Crippen LogP contribution in [0.2, 0.25) is 0 Å². The molecular weight excluding hydrogens is 268 g/mol. The first-order valence-electron chi connectivity index (χ1n) is 7.21. The smallest absolute Gasteiger partial charge is 0.235 e. The van der Waals surface area contributed by atoms with Crippen LogP contribution in [0.5, 0.6) is 5.75 Å². The summed E-state index contributed by atoms with van der Waals surface area (Å²) < 4.78 is 0. The molecule has 2 aliphatic carbocycles. The van der Waals surface area contributed by atoms with Gasteiger partial charge in [0.1, 0.15) is 5.75 Å². The average Bonchev–Trinajstić information content (AvgIpc) is 3.14. The normalized spacial score (nSPS) is 32.9. The molecule has 4 atom stereocenters. The lowest BCUT2D eigenvalue weighted by molar-refractivity contribution is -0.140. The minimum atomic E-state index is -0.144. The van der Waals surface area contributed by atoms with Crippen LogP contribution in [0.25, 0.3) is 0 Å². The summed E-state index contributed by atoms with van der Waals surface area (Å²) in [6.07, 6.45) is 5.13. The number of likely N-dealkylation sites (tertiary alicyclic amines) is 1. The molecule has 3 aliphatic rings. The topological polar surface area (TPSA) is 69.6 Å². The van der Waals surface area contributed by atoms with E-state index in [1.165, 1.54) is 4.90 Å². The average molecular weight is 284 g/mol. The van der Waals surface area contributed by atoms with Gasteiger partial charge in [-0.25, -0.2) is 0 Å². The highest BCUT2D eigenvalue weighted by molar-refractivity contribution is 6.06. The van der Waals surface area contributed by atoms with Gasteiger partial charge in [0.05, 0.1) is 18.5 Å². The van der Waals surface area contributed by atoms with Crippen LogP contribution >= 0.6 is 0 Å². The lowest BCUT2D eigenvalue weighted by Gasteiger charge is -2.18. The van der Waals surface area contributed by atoms with Gasteiger partial charge in [-0.05, 0) is 42.5 Å².